The van der Waals surface area contributed by atoms with Crippen molar-refractivity contribution in [2.45, 2.75) is 65.5 Å². The second-order valence-corrected chi connectivity index (χ2v) is 8.80. The number of rotatable bonds is 4. The molecule has 0 radical (unpaired) electrons. The molecule has 0 spiro atoms. The molecule has 0 atom stereocenters. The van der Waals surface area contributed by atoms with Crippen LogP contribution in [0.25, 0.3) is 11.5 Å². The predicted octanol–water partition coefficient (Wildman–Crippen LogP) is 3.30. The van der Waals surface area contributed by atoms with E-state index in [-0.39, 0.29) is 11.6 Å². The topological polar surface area (TPSA) is 94.9 Å². The molecule has 4 heterocycles. The van der Waals surface area contributed by atoms with E-state index in [1.807, 2.05) is 50.4 Å². The van der Waals surface area contributed by atoms with E-state index < -0.39 is 0 Å². The summed E-state index contributed by atoms with van der Waals surface area (Å²) in [6, 6.07) is 9.78. The molecular formula is C23H28N8O. The molecule has 1 saturated carbocycles. The quantitative estimate of drug-likeness (QED) is 0.532. The first-order chi connectivity index (χ1) is 15.4. The third-order valence-corrected chi connectivity index (χ3v) is 6.11. The summed E-state index contributed by atoms with van der Waals surface area (Å²) in [5, 5.41) is 17.4. The van der Waals surface area contributed by atoms with Gasteiger partial charge in [-0.05, 0) is 65.5 Å². The average molecular weight is 433 g/mol. The highest BCUT2D eigenvalue weighted by atomic mass is 16.1. The fourth-order valence-corrected chi connectivity index (χ4v) is 4.64. The Balaban J connectivity index is 1.33. The minimum absolute atomic E-state index is 0.0647. The second kappa shape index (κ2) is 7.89. The lowest BCUT2D eigenvalue weighted by molar-refractivity contribution is 0.302. The van der Waals surface area contributed by atoms with Crippen LogP contribution in [0.4, 0.5) is 5.82 Å². The molecule has 0 unspecified atom stereocenters. The maximum Gasteiger partial charge on any atom is 0.267 e. The van der Waals surface area contributed by atoms with E-state index >= 15 is 0 Å². The minimum Gasteiger partial charge on any atom is -0.367 e. The van der Waals surface area contributed by atoms with Gasteiger partial charge in [-0.15, -0.1) is 5.10 Å². The number of hydrogen-bond acceptors (Lipinski definition) is 6. The van der Waals surface area contributed by atoms with Crippen LogP contribution in [0, 0.1) is 27.7 Å². The molecule has 32 heavy (non-hydrogen) atoms. The summed E-state index contributed by atoms with van der Waals surface area (Å²) in [7, 11) is 0. The van der Waals surface area contributed by atoms with Crippen LogP contribution in [0.5, 0.6) is 0 Å². The van der Waals surface area contributed by atoms with Gasteiger partial charge in [0.15, 0.2) is 11.5 Å². The second-order valence-electron chi connectivity index (χ2n) is 8.80. The van der Waals surface area contributed by atoms with E-state index in [2.05, 4.69) is 25.6 Å². The molecule has 9 heteroatoms. The van der Waals surface area contributed by atoms with Gasteiger partial charge in [0.2, 0.25) is 0 Å². The van der Waals surface area contributed by atoms with Crippen molar-refractivity contribution in [1.82, 2.24) is 34.2 Å². The Morgan fingerprint density at radius 1 is 0.875 bits per heavy atom. The lowest BCUT2D eigenvalue weighted by Gasteiger charge is -2.30. The number of nitrogens with one attached hydrogen (secondary N) is 1. The molecule has 0 bridgehead atoms. The number of nitrogens with zero attached hydrogens (tertiary/aromatic N) is 7. The van der Waals surface area contributed by atoms with Crippen molar-refractivity contribution in [3.63, 3.8) is 0 Å². The van der Waals surface area contributed by atoms with Crippen molar-refractivity contribution in [2.24, 2.45) is 0 Å². The SMILES string of the molecule is Cc1cc(NC2CCC(n3nc(-n4nc(C)cc4C)ccc3=O)CC2)n2nc(C)cc2n1. The van der Waals surface area contributed by atoms with Crippen LogP contribution < -0.4 is 10.9 Å². The molecule has 0 aromatic carbocycles. The molecule has 1 N–H and O–H groups in total. The highest BCUT2D eigenvalue weighted by Gasteiger charge is 2.25. The normalized spacial score (nSPS) is 18.9. The molecule has 9 nitrogen and oxygen atoms in total. The van der Waals surface area contributed by atoms with E-state index in [0.29, 0.717) is 11.9 Å². The van der Waals surface area contributed by atoms with Crippen molar-refractivity contribution in [2.75, 3.05) is 5.32 Å². The first-order valence-corrected chi connectivity index (χ1v) is 11.1. The highest BCUT2D eigenvalue weighted by molar-refractivity contribution is 5.50. The van der Waals surface area contributed by atoms with Gasteiger partial charge < -0.3 is 5.32 Å². The minimum atomic E-state index is -0.0647. The zero-order valence-electron chi connectivity index (χ0n) is 18.9. The number of hydrogen-bond donors (Lipinski definition) is 1. The van der Waals surface area contributed by atoms with E-state index in [0.717, 1.165) is 59.9 Å². The fraction of sp³-hybridized carbons (Fsp3) is 0.435. The average Bonchev–Trinajstić information content (AvgIpc) is 3.29. The van der Waals surface area contributed by atoms with E-state index in [1.54, 1.807) is 21.5 Å². The largest absolute Gasteiger partial charge is 0.367 e. The van der Waals surface area contributed by atoms with Gasteiger partial charge in [-0.1, -0.05) is 0 Å². The van der Waals surface area contributed by atoms with Crippen LogP contribution in [0.1, 0.15) is 54.5 Å². The molecule has 0 saturated heterocycles. The van der Waals surface area contributed by atoms with Crippen molar-refractivity contribution < 1.29 is 0 Å². The molecule has 166 valence electrons. The van der Waals surface area contributed by atoms with Gasteiger partial charge in [0.1, 0.15) is 5.82 Å². The molecule has 0 amide bonds. The molecule has 5 rings (SSSR count). The zero-order chi connectivity index (χ0) is 22.4. The Morgan fingerprint density at radius 3 is 2.34 bits per heavy atom. The lowest BCUT2D eigenvalue weighted by Crippen LogP contribution is -2.34. The number of aromatic nitrogens is 7. The third-order valence-electron chi connectivity index (χ3n) is 6.11. The van der Waals surface area contributed by atoms with Crippen molar-refractivity contribution >= 4 is 11.5 Å². The summed E-state index contributed by atoms with van der Waals surface area (Å²) >= 11 is 0. The fourth-order valence-electron chi connectivity index (χ4n) is 4.64. The standard InChI is InChI=1S/C23H28N8O/c1-14-12-22(31-21(24-14)13-16(3)27-31)25-18-5-7-19(8-6-18)30-23(32)10-9-20(28-30)29-17(4)11-15(2)26-29/h9-13,18-19,25H,5-8H2,1-4H3. The van der Waals surface area contributed by atoms with Gasteiger partial charge in [-0.2, -0.15) is 14.7 Å². The van der Waals surface area contributed by atoms with Crippen LogP contribution in [-0.4, -0.2) is 40.2 Å². The zero-order valence-corrected chi connectivity index (χ0v) is 18.9. The van der Waals surface area contributed by atoms with Crippen LogP contribution >= 0.6 is 0 Å². The van der Waals surface area contributed by atoms with Gasteiger partial charge in [-0.25, -0.2) is 14.3 Å². The Bertz CT molecular complexity index is 1340. The van der Waals surface area contributed by atoms with Gasteiger partial charge >= 0.3 is 0 Å². The Labute approximate surface area is 186 Å². The maximum atomic E-state index is 12.6. The Morgan fingerprint density at radius 2 is 1.62 bits per heavy atom. The van der Waals surface area contributed by atoms with Crippen molar-refractivity contribution in [3.8, 4) is 5.82 Å². The Hall–Kier alpha value is -3.49. The first-order valence-electron chi connectivity index (χ1n) is 11.1. The predicted molar refractivity (Wildman–Crippen MR) is 122 cm³/mol. The number of fused-ring (bicyclic) bond motifs is 1. The van der Waals surface area contributed by atoms with Gasteiger partial charge in [0, 0.05) is 35.6 Å². The highest BCUT2D eigenvalue weighted by Crippen LogP contribution is 2.29. The van der Waals surface area contributed by atoms with Gasteiger partial charge in [0.25, 0.3) is 5.56 Å². The van der Waals surface area contributed by atoms with Crippen molar-refractivity contribution in [1.29, 1.82) is 0 Å². The summed E-state index contributed by atoms with van der Waals surface area (Å²) in [6.45, 7) is 7.92. The van der Waals surface area contributed by atoms with Crippen LogP contribution in [-0.2, 0) is 0 Å². The Kier molecular flexibility index (Phi) is 5.03. The summed E-state index contributed by atoms with van der Waals surface area (Å²) in [4.78, 5) is 17.1. The maximum absolute atomic E-state index is 12.6. The molecule has 0 aliphatic heterocycles. The molecule has 4 aromatic rings. The van der Waals surface area contributed by atoms with E-state index in [1.165, 1.54) is 0 Å². The van der Waals surface area contributed by atoms with Crippen LogP contribution in [0.2, 0.25) is 0 Å². The van der Waals surface area contributed by atoms with Crippen LogP contribution in [0.3, 0.4) is 0 Å². The summed E-state index contributed by atoms with van der Waals surface area (Å²) in [6.07, 6.45) is 3.67. The van der Waals surface area contributed by atoms with E-state index in [9.17, 15) is 4.79 Å². The number of aryl methyl sites for hydroxylation is 4. The molecular weight excluding hydrogens is 404 g/mol. The summed E-state index contributed by atoms with van der Waals surface area (Å²) < 4.78 is 5.31. The molecule has 1 aliphatic rings. The van der Waals surface area contributed by atoms with Gasteiger partial charge in [0.05, 0.1) is 17.4 Å². The van der Waals surface area contributed by atoms with E-state index in [4.69, 9.17) is 0 Å². The molecule has 4 aromatic heterocycles. The van der Waals surface area contributed by atoms with Gasteiger partial charge in [-0.3, -0.25) is 4.79 Å². The molecule has 1 fully saturated rings. The molecule has 1 aliphatic carbocycles. The monoisotopic (exact) mass is 432 g/mol. The third kappa shape index (κ3) is 3.79. The van der Waals surface area contributed by atoms with Crippen molar-refractivity contribution in [3.05, 3.63) is 63.5 Å². The summed E-state index contributed by atoms with van der Waals surface area (Å²) in [5.74, 6) is 1.64. The lowest BCUT2D eigenvalue weighted by atomic mass is 9.91. The number of anilines is 1. The summed E-state index contributed by atoms with van der Waals surface area (Å²) in [5.41, 5.74) is 4.64. The smallest absolute Gasteiger partial charge is 0.267 e. The first kappa shape index (κ1) is 20.4. The van der Waals surface area contributed by atoms with Crippen LogP contribution in [0.15, 0.2) is 35.1 Å².